The maximum atomic E-state index is 12.2. The number of carbonyl (C=O) groups is 2. The normalized spacial score (nSPS) is 13.8. The minimum Gasteiger partial charge on any atom is -0.461 e. The Labute approximate surface area is 135 Å². The first kappa shape index (κ1) is 17.4. The van der Waals surface area contributed by atoms with Crippen molar-refractivity contribution in [2.45, 2.75) is 19.9 Å². The van der Waals surface area contributed by atoms with Crippen molar-refractivity contribution >= 4 is 11.9 Å². The van der Waals surface area contributed by atoms with Gasteiger partial charge in [0.05, 0.1) is 25.5 Å². The summed E-state index contributed by atoms with van der Waals surface area (Å²) in [5.74, 6) is -0.514. The third kappa shape index (κ3) is 4.08. The van der Waals surface area contributed by atoms with E-state index in [1.54, 1.807) is 26.0 Å². The Morgan fingerprint density at radius 2 is 2.09 bits per heavy atom. The van der Waals surface area contributed by atoms with Gasteiger partial charge in [0.1, 0.15) is 6.61 Å². The Balaban J connectivity index is 2.04. The van der Waals surface area contributed by atoms with Crippen LogP contribution < -0.4 is 0 Å². The predicted molar refractivity (Wildman–Crippen MR) is 81.0 cm³/mol. The van der Waals surface area contributed by atoms with Crippen molar-refractivity contribution in [1.82, 2.24) is 14.7 Å². The Bertz CT molecular complexity index is 570. The number of aromatic nitrogens is 2. The molecule has 128 valence electrons. The van der Waals surface area contributed by atoms with Crippen molar-refractivity contribution in [3.8, 4) is 0 Å². The monoisotopic (exact) mass is 325 g/mol. The number of ether oxygens (including phenoxy) is 3. The Morgan fingerprint density at radius 3 is 2.78 bits per heavy atom. The molecule has 0 fully saturated rings. The molecule has 23 heavy (non-hydrogen) atoms. The number of nitrogens with zero attached hydrogens (tertiary/aromatic N) is 3. The van der Waals surface area contributed by atoms with Gasteiger partial charge in [0.2, 0.25) is 5.91 Å². The molecule has 1 amide bonds. The summed E-state index contributed by atoms with van der Waals surface area (Å²) in [5.41, 5.74) is 2.03. The topological polar surface area (TPSA) is 82.9 Å². The number of hydrogen-bond donors (Lipinski definition) is 0. The third-order valence-electron chi connectivity index (χ3n) is 3.67. The second kappa shape index (κ2) is 8.07. The first-order valence-electron chi connectivity index (χ1n) is 7.64. The van der Waals surface area contributed by atoms with Crippen LogP contribution in [0.2, 0.25) is 0 Å². The largest absolute Gasteiger partial charge is 0.461 e. The molecule has 0 saturated carbocycles. The van der Waals surface area contributed by atoms with Crippen molar-refractivity contribution in [3.05, 3.63) is 17.0 Å². The third-order valence-corrected chi connectivity index (χ3v) is 3.67. The smallest absolute Gasteiger partial charge is 0.356 e. The maximum absolute atomic E-state index is 12.2. The van der Waals surface area contributed by atoms with Crippen LogP contribution in [0.5, 0.6) is 0 Å². The van der Waals surface area contributed by atoms with E-state index in [0.29, 0.717) is 45.0 Å². The van der Waals surface area contributed by atoms with Gasteiger partial charge in [-0.15, -0.1) is 0 Å². The molecule has 1 aliphatic heterocycles. The van der Waals surface area contributed by atoms with Crippen molar-refractivity contribution in [1.29, 1.82) is 0 Å². The van der Waals surface area contributed by atoms with E-state index in [9.17, 15) is 9.59 Å². The van der Waals surface area contributed by atoms with Gasteiger partial charge in [0, 0.05) is 39.2 Å². The number of rotatable bonds is 7. The molecule has 0 atom stereocenters. The number of methoxy groups -OCH3 is 1. The summed E-state index contributed by atoms with van der Waals surface area (Å²) in [4.78, 5) is 26.0. The van der Waals surface area contributed by atoms with Gasteiger partial charge in [-0.1, -0.05) is 0 Å². The zero-order valence-electron chi connectivity index (χ0n) is 13.8. The number of aryl methyl sites for hydroxylation is 1. The van der Waals surface area contributed by atoms with Gasteiger partial charge in [-0.05, 0) is 6.92 Å². The van der Waals surface area contributed by atoms with E-state index in [1.165, 1.54) is 4.68 Å². The molecule has 0 saturated heterocycles. The summed E-state index contributed by atoms with van der Waals surface area (Å²) < 4.78 is 16.8. The summed E-state index contributed by atoms with van der Waals surface area (Å²) in [6.07, 6.45) is 0.617. The average Bonchev–Trinajstić information content (AvgIpc) is 2.86. The summed E-state index contributed by atoms with van der Waals surface area (Å²) in [6, 6.07) is 0. The molecule has 0 aromatic carbocycles. The van der Waals surface area contributed by atoms with Gasteiger partial charge in [-0.3, -0.25) is 9.48 Å². The van der Waals surface area contributed by atoms with Crippen molar-refractivity contribution < 1.29 is 23.8 Å². The molecular formula is C15H23N3O5. The van der Waals surface area contributed by atoms with Gasteiger partial charge in [0.25, 0.3) is 0 Å². The summed E-state index contributed by atoms with van der Waals surface area (Å²) in [6.45, 7) is 3.81. The maximum Gasteiger partial charge on any atom is 0.356 e. The van der Waals surface area contributed by atoms with E-state index < -0.39 is 5.97 Å². The number of fused-ring (bicyclic) bond motifs is 1. The van der Waals surface area contributed by atoms with Crippen molar-refractivity contribution in [2.24, 2.45) is 7.05 Å². The summed E-state index contributed by atoms with van der Waals surface area (Å²) in [5, 5.41) is 4.36. The van der Waals surface area contributed by atoms with Crippen LogP contribution in [0.3, 0.4) is 0 Å². The van der Waals surface area contributed by atoms with Crippen LogP contribution in [0.1, 0.15) is 28.7 Å². The number of amides is 1. The minimum atomic E-state index is -0.408. The summed E-state index contributed by atoms with van der Waals surface area (Å²) >= 11 is 0. The molecule has 1 aromatic rings. The molecule has 8 nitrogen and oxygen atoms in total. The number of hydrogen-bond acceptors (Lipinski definition) is 6. The Hall–Kier alpha value is -1.93. The highest BCUT2D eigenvalue weighted by Gasteiger charge is 2.29. The number of carbonyl (C=O) groups excluding carboxylic acids is 2. The molecule has 0 spiro atoms. The predicted octanol–water partition coefficient (Wildman–Crippen LogP) is 0.145. The van der Waals surface area contributed by atoms with E-state index in [0.717, 1.165) is 11.3 Å². The fraction of sp³-hybridized carbons (Fsp3) is 0.667. The van der Waals surface area contributed by atoms with Gasteiger partial charge in [-0.25, -0.2) is 4.79 Å². The molecule has 8 heteroatoms. The lowest BCUT2D eigenvalue weighted by Crippen LogP contribution is -2.38. The van der Waals surface area contributed by atoms with Crippen molar-refractivity contribution in [3.63, 3.8) is 0 Å². The molecule has 0 aliphatic carbocycles. The quantitative estimate of drug-likeness (QED) is 0.524. The standard InChI is InChI=1S/C15H23N3O5/c1-4-23-15(20)14-11-9-18(6-5-12(11)16-17(14)2)13(19)10-22-8-7-21-3/h4-10H2,1-3H3. The van der Waals surface area contributed by atoms with Crippen LogP contribution in [-0.2, 0) is 39.0 Å². The average molecular weight is 325 g/mol. The zero-order valence-corrected chi connectivity index (χ0v) is 13.8. The van der Waals surface area contributed by atoms with E-state index in [-0.39, 0.29) is 12.5 Å². The lowest BCUT2D eigenvalue weighted by molar-refractivity contribution is -0.137. The van der Waals surface area contributed by atoms with Crippen LogP contribution in [0.25, 0.3) is 0 Å². The van der Waals surface area contributed by atoms with Gasteiger partial charge < -0.3 is 19.1 Å². The first-order valence-corrected chi connectivity index (χ1v) is 7.64. The molecule has 1 aliphatic rings. The Kier molecular flexibility index (Phi) is 6.12. The van der Waals surface area contributed by atoms with Crippen LogP contribution in [-0.4, -0.2) is 66.6 Å². The van der Waals surface area contributed by atoms with Gasteiger partial charge in [-0.2, -0.15) is 5.10 Å². The van der Waals surface area contributed by atoms with E-state index in [4.69, 9.17) is 14.2 Å². The highest BCUT2D eigenvalue weighted by atomic mass is 16.5. The molecule has 2 rings (SSSR count). The van der Waals surface area contributed by atoms with Crippen LogP contribution >= 0.6 is 0 Å². The molecular weight excluding hydrogens is 302 g/mol. The van der Waals surface area contributed by atoms with E-state index >= 15 is 0 Å². The second-order valence-electron chi connectivity index (χ2n) is 5.23. The van der Waals surface area contributed by atoms with Crippen LogP contribution in [0.15, 0.2) is 0 Å². The first-order chi connectivity index (χ1) is 11.1. The fourth-order valence-corrected chi connectivity index (χ4v) is 2.56. The van der Waals surface area contributed by atoms with E-state index in [1.807, 2.05) is 0 Å². The lowest BCUT2D eigenvalue weighted by atomic mass is 10.1. The van der Waals surface area contributed by atoms with Crippen LogP contribution in [0.4, 0.5) is 0 Å². The summed E-state index contributed by atoms with van der Waals surface area (Å²) in [7, 11) is 3.29. The lowest BCUT2D eigenvalue weighted by Gasteiger charge is -2.26. The van der Waals surface area contributed by atoms with E-state index in [2.05, 4.69) is 5.10 Å². The SMILES string of the molecule is CCOC(=O)c1c2c(nn1C)CCN(C(=O)COCCOC)C2. The molecule has 0 bridgehead atoms. The zero-order chi connectivity index (χ0) is 16.8. The molecule has 0 unspecified atom stereocenters. The highest BCUT2D eigenvalue weighted by Crippen LogP contribution is 2.22. The molecule has 1 aromatic heterocycles. The number of esters is 1. The fourth-order valence-electron chi connectivity index (χ4n) is 2.56. The van der Waals surface area contributed by atoms with Crippen LogP contribution in [0, 0.1) is 0 Å². The highest BCUT2D eigenvalue weighted by molar-refractivity contribution is 5.90. The molecule has 0 N–H and O–H groups in total. The van der Waals surface area contributed by atoms with Gasteiger partial charge in [0.15, 0.2) is 5.69 Å². The van der Waals surface area contributed by atoms with Gasteiger partial charge >= 0.3 is 5.97 Å². The Morgan fingerprint density at radius 1 is 1.30 bits per heavy atom. The van der Waals surface area contributed by atoms with Crippen molar-refractivity contribution in [2.75, 3.05) is 40.1 Å². The molecule has 2 heterocycles. The minimum absolute atomic E-state index is 0.00763. The molecule has 0 radical (unpaired) electrons. The second-order valence-corrected chi connectivity index (χ2v) is 5.23.